The normalized spacial score (nSPS) is 16.1. The predicted octanol–water partition coefficient (Wildman–Crippen LogP) is 5.41. The van der Waals surface area contributed by atoms with Crippen molar-refractivity contribution in [1.29, 1.82) is 0 Å². The highest BCUT2D eigenvalue weighted by molar-refractivity contribution is 6.34. The quantitative estimate of drug-likeness (QED) is 0.269. The number of benzene rings is 1. The van der Waals surface area contributed by atoms with Crippen LogP contribution in [-0.4, -0.2) is 61.6 Å². The topological polar surface area (TPSA) is 125 Å². The van der Waals surface area contributed by atoms with Gasteiger partial charge in [-0.2, -0.15) is 0 Å². The van der Waals surface area contributed by atoms with Gasteiger partial charge in [-0.15, -0.1) is 0 Å². The van der Waals surface area contributed by atoms with Gasteiger partial charge in [0.05, 0.1) is 5.39 Å². The Kier molecular flexibility index (Phi) is 7.99. The second-order valence-corrected chi connectivity index (χ2v) is 11.3. The SMILES string of the molecule is CC(C)(C)OC(=O)N[C@@H]1CCCN(Cc2ccnc(C(=O)Nc3ccc(-c4cc5c(Cl)ncnc5[nH]4)cc3)c2)C1. The number of amides is 2. The van der Waals surface area contributed by atoms with Gasteiger partial charge in [-0.3, -0.25) is 14.7 Å². The van der Waals surface area contributed by atoms with Crippen LogP contribution in [0, 0.1) is 0 Å². The van der Waals surface area contributed by atoms with Crippen molar-refractivity contribution in [1.82, 2.24) is 30.2 Å². The van der Waals surface area contributed by atoms with E-state index in [2.05, 4.69) is 35.5 Å². The highest BCUT2D eigenvalue weighted by atomic mass is 35.5. The number of pyridine rings is 1. The molecule has 1 aliphatic rings. The summed E-state index contributed by atoms with van der Waals surface area (Å²) in [6.45, 7) is 7.84. The van der Waals surface area contributed by atoms with Crippen LogP contribution in [0.1, 0.15) is 49.7 Å². The second-order valence-electron chi connectivity index (χ2n) is 10.9. The van der Waals surface area contributed by atoms with Crippen LogP contribution in [0.15, 0.2) is 55.0 Å². The molecule has 208 valence electrons. The number of nitrogens with one attached hydrogen (secondary N) is 3. The molecule has 1 saturated heterocycles. The largest absolute Gasteiger partial charge is 0.444 e. The minimum atomic E-state index is -0.531. The number of aromatic amines is 1. The Hall–Kier alpha value is -4.02. The Morgan fingerprint density at radius 2 is 1.93 bits per heavy atom. The molecule has 11 heteroatoms. The number of carbonyl (C=O) groups is 2. The molecule has 5 rings (SSSR count). The number of likely N-dealkylation sites (tertiary alicyclic amines) is 1. The fourth-order valence-electron chi connectivity index (χ4n) is 4.74. The third kappa shape index (κ3) is 6.94. The van der Waals surface area contributed by atoms with Crippen LogP contribution < -0.4 is 10.6 Å². The van der Waals surface area contributed by atoms with E-state index in [1.54, 1.807) is 6.20 Å². The Labute approximate surface area is 237 Å². The molecule has 3 N–H and O–H groups in total. The molecule has 4 aromatic rings. The van der Waals surface area contributed by atoms with E-state index in [-0.39, 0.29) is 11.9 Å². The summed E-state index contributed by atoms with van der Waals surface area (Å²) in [6.07, 6.45) is 4.54. The molecule has 3 aromatic heterocycles. The first-order chi connectivity index (χ1) is 19.1. The number of alkyl carbamates (subject to hydrolysis) is 1. The number of hydrogen-bond acceptors (Lipinski definition) is 7. The number of carbonyl (C=O) groups excluding carboxylic acids is 2. The van der Waals surface area contributed by atoms with Crippen molar-refractivity contribution in [2.75, 3.05) is 18.4 Å². The molecule has 0 unspecified atom stereocenters. The van der Waals surface area contributed by atoms with E-state index < -0.39 is 11.7 Å². The van der Waals surface area contributed by atoms with E-state index in [0.717, 1.165) is 41.6 Å². The van der Waals surface area contributed by atoms with E-state index in [0.29, 0.717) is 35.3 Å². The van der Waals surface area contributed by atoms with Crippen molar-refractivity contribution in [3.8, 4) is 11.3 Å². The predicted molar refractivity (Wildman–Crippen MR) is 154 cm³/mol. The maximum absolute atomic E-state index is 13.0. The molecule has 0 saturated carbocycles. The van der Waals surface area contributed by atoms with Crippen LogP contribution in [0.5, 0.6) is 0 Å². The molecule has 10 nitrogen and oxygen atoms in total. The zero-order valence-corrected chi connectivity index (χ0v) is 23.5. The number of rotatable bonds is 6. The molecule has 0 radical (unpaired) electrons. The summed E-state index contributed by atoms with van der Waals surface area (Å²) in [5.41, 5.74) is 3.88. The smallest absolute Gasteiger partial charge is 0.407 e. The lowest BCUT2D eigenvalue weighted by Gasteiger charge is -2.33. The minimum absolute atomic E-state index is 0.0189. The molecule has 40 heavy (non-hydrogen) atoms. The third-order valence-corrected chi connectivity index (χ3v) is 6.82. The molecule has 0 bridgehead atoms. The summed E-state index contributed by atoms with van der Waals surface area (Å²) in [4.78, 5) is 43.2. The number of anilines is 1. The molecule has 1 aromatic carbocycles. The van der Waals surface area contributed by atoms with Gasteiger partial charge >= 0.3 is 6.09 Å². The molecule has 0 spiro atoms. The van der Waals surface area contributed by atoms with Gasteiger partial charge in [0, 0.05) is 36.7 Å². The lowest BCUT2D eigenvalue weighted by Crippen LogP contribution is -2.48. The zero-order valence-electron chi connectivity index (χ0n) is 22.7. The number of hydrogen-bond donors (Lipinski definition) is 3. The standard InChI is InChI=1S/C29H32ClN7O3/c1-29(2,3)40-28(39)35-21-5-4-12-37(16-21)15-18-10-11-31-24(13-18)27(38)34-20-8-6-19(7-9-20)23-14-22-25(30)32-17-33-26(22)36-23/h6-11,13-14,17,21H,4-5,12,15-16H2,1-3H3,(H,34,38)(H,35,39)(H,32,33,36)/t21-/m1/s1. The summed E-state index contributed by atoms with van der Waals surface area (Å²) >= 11 is 6.16. The summed E-state index contributed by atoms with van der Waals surface area (Å²) in [7, 11) is 0. The monoisotopic (exact) mass is 561 g/mol. The first kappa shape index (κ1) is 27.5. The van der Waals surface area contributed by atoms with Gasteiger partial charge < -0.3 is 20.4 Å². The second kappa shape index (κ2) is 11.6. The van der Waals surface area contributed by atoms with Crippen LogP contribution in [0.3, 0.4) is 0 Å². The Balaban J connectivity index is 1.18. The molecular formula is C29H32ClN7O3. The lowest BCUT2D eigenvalue weighted by atomic mass is 10.0. The van der Waals surface area contributed by atoms with Crippen molar-refractivity contribution in [2.24, 2.45) is 0 Å². The van der Waals surface area contributed by atoms with Crippen LogP contribution in [0.2, 0.25) is 5.15 Å². The van der Waals surface area contributed by atoms with Crippen molar-refractivity contribution < 1.29 is 14.3 Å². The fraction of sp³-hybridized carbons (Fsp3) is 0.345. The van der Waals surface area contributed by atoms with Crippen LogP contribution in [-0.2, 0) is 11.3 Å². The maximum atomic E-state index is 13.0. The minimum Gasteiger partial charge on any atom is -0.444 e. The van der Waals surface area contributed by atoms with E-state index in [1.165, 1.54) is 6.33 Å². The fourth-order valence-corrected chi connectivity index (χ4v) is 4.93. The number of fused-ring (bicyclic) bond motifs is 1. The van der Waals surface area contributed by atoms with Gasteiger partial charge in [0.15, 0.2) is 0 Å². The van der Waals surface area contributed by atoms with Crippen molar-refractivity contribution in [3.63, 3.8) is 0 Å². The molecule has 0 aliphatic carbocycles. The van der Waals surface area contributed by atoms with Gasteiger partial charge in [-0.25, -0.2) is 14.8 Å². The number of aromatic nitrogens is 4. The zero-order chi connectivity index (χ0) is 28.3. The molecule has 1 aliphatic heterocycles. The van der Waals surface area contributed by atoms with Crippen molar-refractivity contribution in [3.05, 3.63) is 71.4 Å². The van der Waals surface area contributed by atoms with E-state index in [9.17, 15) is 9.59 Å². The Bertz CT molecular complexity index is 1510. The maximum Gasteiger partial charge on any atom is 0.407 e. The third-order valence-electron chi connectivity index (χ3n) is 6.52. The highest BCUT2D eigenvalue weighted by Gasteiger charge is 2.24. The highest BCUT2D eigenvalue weighted by Crippen LogP contribution is 2.27. The van der Waals surface area contributed by atoms with E-state index in [1.807, 2.05) is 63.2 Å². The molecule has 4 heterocycles. The van der Waals surface area contributed by atoms with Crippen molar-refractivity contribution in [2.45, 2.75) is 51.8 Å². The van der Waals surface area contributed by atoms with Crippen LogP contribution in [0.25, 0.3) is 22.3 Å². The summed E-state index contributed by atoms with van der Waals surface area (Å²) in [5.74, 6) is -0.287. The van der Waals surface area contributed by atoms with Crippen molar-refractivity contribution >= 4 is 40.3 Å². The Morgan fingerprint density at radius 3 is 2.67 bits per heavy atom. The van der Waals surface area contributed by atoms with E-state index >= 15 is 0 Å². The number of H-pyrrole nitrogens is 1. The van der Waals surface area contributed by atoms with Gasteiger partial charge in [0.2, 0.25) is 0 Å². The summed E-state index contributed by atoms with van der Waals surface area (Å²) in [6, 6.07) is 13.1. The number of nitrogens with zero attached hydrogens (tertiary/aromatic N) is 4. The summed E-state index contributed by atoms with van der Waals surface area (Å²) < 4.78 is 5.40. The first-order valence-electron chi connectivity index (χ1n) is 13.2. The number of halogens is 1. The lowest BCUT2D eigenvalue weighted by molar-refractivity contribution is 0.0470. The first-order valence-corrected chi connectivity index (χ1v) is 13.6. The van der Waals surface area contributed by atoms with Gasteiger partial charge in [-0.05, 0) is 81.6 Å². The molecule has 2 amide bonds. The van der Waals surface area contributed by atoms with Gasteiger partial charge in [0.25, 0.3) is 5.91 Å². The molecule has 1 atom stereocenters. The molecule has 1 fully saturated rings. The summed E-state index contributed by atoms with van der Waals surface area (Å²) in [5, 5.41) is 7.04. The number of ether oxygens (including phenoxy) is 1. The van der Waals surface area contributed by atoms with Crippen LogP contribution >= 0.6 is 11.6 Å². The Morgan fingerprint density at radius 1 is 1.12 bits per heavy atom. The van der Waals surface area contributed by atoms with E-state index in [4.69, 9.17) is 16.3 Å². The average molecular weight is 562 g/mol. The van der Waals surface area contributed by atoms with Gasteiger partial charge in [0.1, 0.15) is 28.4 Å². The average Bonchev–Trinajstić information content (AvgIpc) is 3.34. The number of piperidine rings is 1. The van der Waals surface area contributed by atoms with Crippen LogP contribution in [0.4, 0.5) is 10.5 Å². The molecular weight excluding hydrogens is 530 g/mol. The van der Waals surface area contributed by atoms with Gasteiger partial charge in [-0.1, -0.05) is 23.7 Å².